The highest BCUT2D eigenvalue weighted by Crippen LogP contribution is 2.39. The molecule has 0 radical (unpaired) electrons. The summed E-state index contributed by atoms with van der Waals surface area (Å²) in [5.74, 6) is -1.43. The van der Waals surface area contributed by atoms with E-state index in [0.717, 1.165) is 0 Å². The summed E-state index contributed by atoms with van der Waals surface area (Å²) in [6.45, 7) is 4.99. The van der Waals surface area contributed by atoms with Crippen LogP contribution >= 0.6 is 0 Å². The number of non-ortho nitro benzene ring substituents is 1. The Morgan fingerprint density at radius 2 is 2.16 bits per heavy atom. The first-order valence-corrected chi connectivity index (χ1v) is 7.21. The molecule has 0 spiro atoms. The number of benzene rings is 1. The Morgan fingerprint density at radius 1 is 1.52 bits per heavy atom. The van der Waals surface area contributed by atoms with Gasteiger partial charge in [-0.05, 0) is 12.5 Å². The van der Waals surface area contributed by atoms with E-state index < -0.39 is 16.8 Å². The lowest BCUT2D eigenvalue weighted by Crippen LogP contribution is -2.25. The van der Waals surface area contributed by atoms with Crippen molar-refractivity contribution in [2.45, 2.75) is 12.8 Å². The number of carbonyl (C=O) groups excluding carboxylic acids is 1. The van der Waals surface area contributed by atoms with E-state index in [2.05, 4.69) is 6.58 Å². The van der Waals surface area contributed by atoms with Gasteiger partial charge in [0, 0.05) is 12.1 Å². The van der Waals surface area contributed by atoms with Gasteiger partial charge in [-0.25, -0.2) is 4.79 Å². The van der Waals surface area contributed by atoms with Crippen molar-refractivity contribution in [3.05, 3.63) is 75.4 Å². The minimum absolute atomic E-state index is 0.0102. The van der Waals surface area contributed by atoms with Crippen LogP contribution in [0.1, 0.15) is 18.4 Å². The maximum atomic E-state index is 12.4. The first kappa shape index (κ1) is 17.7. The molecular formula is C17H15N3O5. The molecule has 1 aromatic rings. The number of esters is 1. The van der Waals surface area contributed by atoms with E-state index in [9.17, 15) is 20.2 Å². The van der Waals surface area contributed by atoms with Gasteiger partial charge >= 0.3 is 5.97 Å². The van der Waals surface area contributed by atoms with Crippen LogP contribution in [0.15, 0.2) is 59.7 Å². The number of nitrogens with zero attached hydrogens (tertiary/aromatic N) is 2. The second kappa shape index (κ2) is 7.31. The molecule has 0 unspecified atom stereocenters. The summed E-state index contributed by atoms with van der Waals surface area (Å²) in [5, 5.41) is 20.2. The molecular weight excluding hydrogens is 326 g/mol. The zero-order chi connectivity index (χ0) is 18.6. The van der Waals surface area contributed by atoms with Crippen molar-refractivity contribution in [3.63, 3.8) is 0 Å². The van der Waals surface area contributed by atoms with Crippen LogP contribution < -0.4 is 5.73 Å². The minimum Gasteiger partial charge on any atom is -0.458 e. The second-order valence-corrected chi connectivity index (χ2v) is 5.13. The number of allylic oxidation sites excluding steroid dienone is 2. The molecule has 0 saturated heterocycles. The average Bonchev–Trinajstić information content (AvgIpc) is 2.59. The molecule has 1 aromatic carbocycles. The zero-order valence-electron chi connectivity index (χ0n) is 13.4. The van der Waals surface area contributed by atoms with Crippen molar-refractivity contribution < 1.29 is 19.2 Å². The van der Waals surface area contributed by atoms with Crippen molar-refractivity contribution in [2.24, 2.45) is 5.73 Å². The predicted octanol–water partition coefficient (Wildman–Crippen LogP) is 2.41. The van der Waals surface area contributed by atoms with Gasteiger partial charge in [-0.1, -0.05) is 24.8 Å². The quantitative estimate of drug-likeness (QED) is 0.377. The van der Waals surface area contributed by atoms with E-state index in [1.54, 1.807) is 0 Å². The van der Waals surface area contributed by atoms with Crippen LogP contribution in [0.2, 0.25) is 0 Å². The molecule has 1 atom stereocenters. The van der Waals surface area contributed by atoms with Gasteiger partial charge in [-0.15, -0.1) is 0 Å². The fourth-order valence-corrected chi connectivity index (χ4v) is 2.48. The summed E-state index contributed by atoms with van der Waals surface area (Å²) in [6, 6.07) is 7.44. The first-order chi connectivity index (χ1) is 11.9. The highest BCUT2D eigenvalue weighted by Gasteiger charge is 2.36. The number of rotatable bonds is 5. The summed E-state index contributed by atoms with van der Waals surface area (Å²) >= 11 is 0. The average molecular weight is 341 g/mol. The lowest BCUT2D eigenvalue weighted by atomic mass is 9.83. The monoisotopic (exact) mass is 341 g/mol. The number of nitrogens with two attached hydrogens (primary N) is 1. The number of hydrogen-bond acceptors (Lipinski definition) is 7. The smallest absolute Gasteiger partial charge is 0.338 e. The van der Waals surface area contributed by atoms with Crippen molar-refractivity contribution in [3.8, 4) is 6.07 Å². The minimum atomic E-state index is -0.836. The third-order valence-corrected chi connectivity index (χ3v) is 3.60. The van der Waals surface area contributed by atoms with Crippen LogP contribution in [0.3, 0.4) is 0 Å². The Balaban J connectivity index is 2.54. The fourth-order valence-electron chi connectivity index (χ4n) is 2.48. The fraction of sp³-hybridized carbons (Fsp3) is 0.176. The molecule has 2 N–H and O–H groups in total. The predicted molar refractivity (Wildman–Crippen MR) is 87.6 cm³/mol. The van der Waals surface area contributed by atoms with Crippen molar-refractivity contribution in [1.82, 2.24) is 0 Å². The summed E-state index contributed by atoms with van der Waals surface area (Å²) in [5.41, 5.74) is 6.29. The molecule has 0 bridgehead atoms. The molecule has 2 rings (SSSR count). The van der Waals surface area contributed by atoms with Crippen LogP contribution in [-0.2, 0) is 14.3 Å². The molecule has 0 amide bonds. The Bertz CT molecular complexity index is 831. The largest absolute Gasteiger partial charge is 0.458 e. The molecule has 1 aliphatic rings. The zero-order valence-corrected chi connectivity index (χ0v) is 13.4. The van der Waals surface area contributed by atoms with Crippen molar-refractivity contribution >= 4 is 11.7 Å². The van der Waals surface area contributed by atoms with Crippen LogP contribution in [0.4, 0.5) is 5.69 Å². The number of ether oxygens (including phenoxy) is 2. The Labute approximate surface area is 143 Å². The highest BCUT2D eigenvalue weighted by molar-refractivity contribution is 5.92. The number of hydrogen-bond donors (Lipinski definition) is 1. The van der Waals surface area contributed by atoms with E-state index in [1.165, 1.54) is 37.3 Å². The summed E-state index contributed by atoms with van der Waals surface area (Å²) < 4.78 is 10.4. The molecule has 0 aliphatic carbocycles. The van der Waals surface area contributed by atoms with E-state index >= 15 is 0 Å². The molecule has 0 saturated carbocycles. The highest BCUT2D eigenvalue weighted by atomic mass is 16.6. The molecule has 1 heterocycles. The number of nitriles is 1. The van der Waals surface area contributed by atoms with Crippen LogP contribution in [0.5, 0.6) is 0 Å². The lowest BCUT2D eigenvalue weighted by Gasteiger charge is -2.26. The molecule has 1 aliphatic heterocycles. The van der Waals surface area contributed by atoms with Gasteiger partial charge < -0.3 is 15.2 Å². The Hall–Kier alpha value is -3.60. The van der Waals surface area contributed by atoms with Gasteiger partial charge in [0.1, 0.15) is 24.0 Å². The van der Waals surface area contributed by atoms with E-state index in [-0.39, 0.29) is 35.1 Å². The van der Waals surface area contributed by atoms with Crippen molar-refractivity contribution in [2.75, 3.05) is 6.61 Å². The van der Waals surface area contributed by atoms with Crippen molar-refractivity contribution in [1.29, 1.82) is 5.26 Å². The normalized spacial score (nSPS) is 16.7. The van der Waals surface area contributed by atoms with E-state index in [0.29, 0.717) is 5.56 Å². The topological polar surface area (TPSA) is 128 Å². The lowest BCUT2D eigenvalue weighted by molar-refractivity contribution is -0.384. The maximum Gasteiger partial charge on any atom is 0.338 e. The van der Waals surface area contributed by atoms with E-state index in [4.69, 9.17) is 15.2 Å². The SMILES string of the molecule is C=CCOC(=O)C1=C(C)OC(N)=C(C#N)[C@@H]1c1ccc([N+](=O)[O-])cc1. The van der Waals surface area contributed by atoms with Gasteiger partial charge in [-0.2, -0.15) is 5.26 Å². The van der Waals surface area contributed by atoms with Crippen LogP contribution in [-0.4, -0.2) is 17.5 Å². The molecule has 0 aromatic heterocycles. The van der Waals surface area contributed by atoms with Gasteiger partial charge in [0.05, 0.1) is 16.4 Å². The van der Waals surface area contributed by atoms with Gasteiger partial charge in [0.25, 0.3) is 5.69 Å². The van der Waals surface area contributed by atoms with E-state index in [1.807, 2.05) is 6.07 Å². The van der Waals surface area contributed by atoms with Gasteiger partial charge in [0.2, 0.25) is 5.88 Å². The standard InChI is InChI=1S/C17H15N3O5/c1-3-8-24-17(21)14-10(2)25-16(19)13(9-18)15(14)11-4-6-12(7-5-11)20(22)23/h3-7,15H,1,8,19H2,2H3/t15-/m0/s1. The number of nitro benzene ring substituents is 1. The Kier molecular flexibility index (Phi) is 5.19. The number of carbonyl (C=O) groups is 1. The molecule has 25 heavy (non-hydrogen) atoms. The Morgan fingerprint density at radius 3 is 2.68 bits per heavy atom. The molecule has 128 valence electrons. The number of nitro groups is 1. The summed E-state index contributed by atoms with van der Waals surface area (Å²) in [4.78, 5) is 22.7. The van der Waals surface area contributed by atoms with Gasteiger partial charge in [-0.3, -0.25) is 10.1 Å². The van der Waals surface area contributed by atoms with Crippen LogP contribution in [0, 0.1) is 21.4 Å². The second-order valence-electron chi connectivity index (χ2n) is 5.13. The third-order valence-electron chi connectivity index (χ3n) is 3.60. The summed E-state index contributed by atoms with van der Waals surface area (Å²) in [7, 11) is 0. The van der Waals surface area contributed by atoms with Gasteiger partial charge in [0.15, 0.2) is 0 Å². The first-order valence-electron chi connectivity index (χ1n) is 7.21. The maximum absolute atomic E-state index is 12.4. The van der Waals surface area contributed by atoms with Crippen LogP contribution in [0.25, 0.3) is 0 Å². The third kappa shape index (κ3) is 3.50. The molecule has 0 fully saturated rings. The molecule has 8 nitrogen and oxygen atoms in total. The molecule has 8 heteroatoms. The summed E-state index contributed by atoms with van der Waals surface area (Å²) in [6.07, 6.45) is 1.41.